The molecule has 14 heavy (non-hydrogen) atoms. The number of aliphatic hydroxyl groups excluding tert-OH is 3. The Hall–Kier alpha value is -0.690. The Morgan fingerprint density at radius 1 is 1.29 bits per heavy atom. The molecule has 0 spiro atoms. The molecule has 0 saturated heterocycles. The molecule has 2 rings (SSSR count). The molecule has 0 heterocycles. The summed E-state index contributed by atoms with van der Waals surface area (Å²) < 4.78 is 0. The molecule has 2 bridgehead atoms. The van der Waals surface area contributed by atoms with Gasteiger partial charge in [-0.25, -0.2) is 0 Å². The summed E-state index contributed by atoms with van der Waals surface area (Å²) in [6.45, 7) is 0. The number of aliphatic hydroxyl groups is 3. The molecule has 2 fully saturated rings. The number of carboxylic acids is 1. The second-order valence-corrected chi connectivity index (χ2v) is 4.17. The highest BCUT2D eigenvalue weighted by atomic mass is 16.4. The third kappa shape index (κ3) is 0.864. The lowest BCUT2D eigenvalue weighted by atomic mass is 9.77. The van der Waals surface area contributed by atoms with Crippen LogP contribution in [0, 0.1) is 11.8 Å². The average molecular weight is 203 g/mol. The summed E-state index contributed by atoms with van der Waals surface area (Å²) in [5, 5.41) is 37.4. The van der Waals surface area contributed by atoms with Gasteiger partial charge < -0.3 is 26.2 Å². The van der Waals surface area contributed by atoms with Crippen LogP contribution in [0.3, 0.4) is 0 Å². The molecule has 6 atom stereocenters. The van der Waals surface area contributed by atoms with E-state index in [1.54, 1.807) is 0 Å². The lowest BCUT2D eigenvalue weighted by Crippen LogP contribution is -2.66. The summed E-state index contributed by atoms with van der Waals surface area (Å²) >= 11 is 0. The van der Waals surface area contributed by atoms with Gasteiger partial charge in [0, 0.05) is 11.8 Å². The van der Waals surface area contributed by atoms with Crippen LogP contribution >= 0.6 is 0 Å². The van der Waals surface area contributed by atoms with Crippen LogP contribution in [0.5, 0.6) is 0 Å². The lowest BCUT2D eigenvalue weighted by molar-refractivity contribution is -0.160. The van der Waals surface area contributed by atoms with Gasteiger partial charge in [-0.2, -0.15) is 0 Å². The zero-order chi connectivity index (χ0) is 10.7. The van der Waals surface area contributed by atoms with E-state index in [0.29, 0.717) is 0 Å². The number of hydrogen-bond donors (Lipinski definition) is 5. The Balaban J connectivity index is 2.37. The largest absolute Gasteiger partial charge is 0.480 e. The van der Waals surface area contributed by atoms with Gasteiger partial charge in [0.2, 0.25) is 0 Å². The molecule has 2 saturated carbocycles. The second kappa shape index (κ2) is 2.66. The highest BCUT2D eigenvalue weighted by molar-refractivity contribution is 5.81. The van der Waals surface area contributed by atoms with Crippen molar-refractivity contribution in [3.8, 4) is 0 Å². The minimum absolute atomic E-state index is 0.256. The molecule has 0 aromatic rings. The number of hydrogen-bond acceptors (Lipinski definition) is 5. The standard InChI is InChI=1S/C8H13NO5/c9-8(7(13)14)3-1-2(6(8)12)4(10)5(3)11/h2-6,10-12H,1,9H2,(H,13,14)/t2-,3+,4+,5-,6-,8+/m1/s1. The maximum atomic E-state index is 10.9. The van der Waals surface area contributed by atoms with Crippen molar-refractivity contribution in [2.24, 2.45) is 17.6 Å². The molecular formula is C8H13NO5. The second-order valence-electron chi connectivity index (χ2n) is 4.17. The molecule has 0 unspecified atom stereocenters. The van der Waals surface area contributed by atoms with Crippen molar-refractivity contribution >= 4 is 5.97 Å². The van der Waals surface area contributed by atoms with Crippen LogP contribution in [0.15, 0.2) is 0 Å². The number of fused-ring (bicyclic) bond motifs is 2. The molecule has 2 aliphatic carbocycles. The van der Waals surface area contributed by atoms with Crippen molar-refractivity contribution in [2.75, 3.05) is 0 Å². The van der Waals surface area contributed by atoms with E-state index in [1.165, 1.54) is 0 Å². The van der Waals surface area contributed by atoms with Gasteiger partial charge in [0.05, 0.1) is 18.3 Å². The third-order valence-corrected chi connectivity index (χ3v) is 3.61. The molecule has 2 aliphatic rings. The Kier molecular flexibility index (Phi) is 1.87. The van der Waals surface area contributed by atoms with Gasteiger partial charge in [0.25, 0.3) is 0 Å². The van der Waals surface area contributed by atoms with Gasteiger partial charge in [-0.05, 0) is 6.42 Å². The molecule has 0 aromatic heterocycles. The van der Waals surface area contributed by atoms with Crippen LogP contribution in [0.25, 0.3) is 0 Å². The quantitative estimate of drug-likeness (QED) is 0.321. The van der Waals surface area contributed by atoms with E-state index in [0.717, 1.165) is 0 Å². The summed E-state index contributed by atoms with van der Waals surface area (Å²) in [4.78, 5) is 10.9. The van der Waals surface area contributed by atoms with Crippen molar-refractivity contribution < 1.29 is 25.2 Å². The number of rotatable bonds is 1. The van der Waals surface area contributed by atoms with E-state index in [4.69, 9.17) is 10.8 Å². The van der Waals surface area contributed by atoms with Crippen molar-refractivity contribution in [1.29, 1.82) is 0 Å². The maximum Gasteiger partial charge on any atom is 0.326 e. The Labute approximate surface area is 80.0 Å². The van der Waals surface area contributed by atoms with Crippen molar-refractivity contribution in [2.45, 2.75) is 30.3 Å². The highest BCUT2D eigenvalue weighted by Crippen LogP contribution is 2.49. The first-order valence-corrected chi connectivity index (χ1v) is 4.47. The van der Waals surface area contributed by atoms with Gasteiger partial charge >= 0.3 is 5.97 Å². The van der Waals surface area contributed by atoms with Gasteiger partial charge in [0.15, 0.2) is 0 Å². The topological polar surface area (TPSA) is 124 Å². The molecular weight excluding hydrogens is 190 g/mol. The zero-order valence-corrected chi connectivity index (χ0v) is 7.37. The molecule has 80 valence electrons. The van der Waals surface area contributed by atoms with E-state index < -0.39 is 41.7 Å². The summed E-state index contributed by atoms with van der Waals surface area (Å²) in [7, 11) is 0. The van der Waals surface area contributed by atoms with E-state index in [1.807, 2.05) is 0 Å². The fraction of sp³-hybridized carbons (Fsp3) is 0.875. The molecule has 0 radical (unpaired) electrons. The summed E-state index contributed by atoms with van der Waals surface area (Å²) in [6, 6.07) is 0. The van der Waals surface area contributed by atoms with Crippen LogP contribution in [-0.4, -0.2) is 50.2 Å². The summed E-state index contributed by atoms with van der Waals surface area (Å²) in [6.07, 6.45) is -3.24. The van der Waals surface area contributed by atoms with Crippen molar-refractivity contribution in [3.05, 3.63) is 0 Å². The van der Waals surface area contributed by atoms with Gasteiger partial charge in [0.1, 0.15) is 5.54 Å². The minimum Gasteiger partial charge on any atom is -0.480 e. The highest BCUT2D eigenvalue weighted by Gasteiger charge is 2.67. The van der Waals surface area contributed by atoms with Crippen LogP contribution in [0.1, 0.15) is 6.42 Å². The first-order valence-electron chi connectivity index (χ1n) is 4.47. The van der Waals surface area contributed by atoms with Gasteiger partial charge in [-0.3, -0.25) is 4.79 Å². The number of carbonyl (C=O) groups is 1. The van der Waals surface area contributed by atoms with Gasteiger partial charge in [-0.15, -0.1) is 0 Å². The van der Waals surface area contributed by atoms with E-state index in [-0.39, 0.29) is 6.42 Å². The molecule has 6 N–H and O–H groups in total. The van der Waals surface area contributed by atoms with E-state index in [9.17, 15) is 20.1 Å². The molecule has 6 nitrogen and oxygen atoms in total. The first kappa shape index (κ1) is 9.85. The fourth-order valence-electron chi connectivity index (χ4n) is 2.72. The molecule has 0 aromatic carbocycles. The minimum atomic E-state index is -1.82. The predicted octanol–water partition coefficient (Wildman–Crippen LogP) is -2.50. The van der Waals surface area contributed by atoms with E-state index in [2.05, 4.69) is 0 Å². The summed E-state index contributed by atoms with van der Waals surface area (Å²) in [5.74, 6) is -2.73. The average Bonchev–Trinajstić information content (AvgIpc) is 2.54. The first-order chi connectivity index (χ1) is 6.40. The monoisotopic (exact) mass is 203 g/mol. The normalized spacial score (nSPS) is 56.4. The Morgan fingerprint density at radius 2 is 1.86 bits per heavy atom. The van der Waals surface area contributed by atoms with Crippen molar-refractivity contribution in [3.63, 3.8) is 0 Å². The Morgan fingerprint density at radius 3 is 2.29 bits per heavy atom. The molecule has 0 amide bonds. The number of carboxylic acid groups (broad SMARTS) is 1. The van der Waals surface area contributed by atoms with Crippen LogP contribution < -0.4 is 5.73 Å². The smallest absolute Gasteiger partial charge is 0.326 e. The number of nitrogens with two attached hydrogens (primary N) is 1. The SMILES string of the molecule is N[C@]1(C(=O)O)[C@H](O)[C@@H]2C[C@H]1[C@@H](O)[C@H]2O. The molecule has 0 aliphatic heterocycles. The van der Waals surface area contributed by atoms with Crippen LogP contribution in [0.2, 0.25) is 0 Å². The summed E-state index contributed by atoms with van der Waals surface area (Å²) in [5.41, 5.74) is 3.75. The van der Waals surface area contributed by atoms with Gasteiger partial charge in [-0.1, -0.05) is 0 Å². The van der Waals surface area contributed by atoms with Crippen LogP contribution in [-0.2, 0) is 4.79 Å². The third-order valence-electron chi connectivity index (χ3n) is 3.61. The predicted molar refractivity (Wildman–Crippen MR) is 44.2 cm³/mol. The Bertz CT molecular complexity index is 283. The van der Waals surface area contributed by atoms with E-state index >= 15 is 0 Å². The van der Waals surface area contributed by atoms with Crippen molar-refractivity contribution in [1.82, 2.24) is 0 Å². The molecule has 6 heteroatoms. The zero-order valence-electron chi connectivity index (χ0n) is 7.37. The number of aliphatic carboxylic acids is 1. The fourth-order valence-corrected chi connectivity index (χ4v) is 2.72. The maximum absolute atomic E-state index is 10.9. The lowest BCUT2D eigenvalue weighted by Gasteiger charge is -2.38. The van der Waals surface area contributed by atoms with Crippen LogP contribution in [0.4, 0.5) is 0 Å².